The van der Waals surface area contributed by atoms with Crippen molar-refractivity contribution in [1.29, 1.82) is 0 Å². The normalized spacial score (nSPS) is 10.6. The van der Waals surface area contributed by atoms with Gasteiger partial charge in [-0.1, -0.05) is 13.8 Å². The van der Waals surface area contributed by atoms with Crippen LogP contribution in [0.3, 0.4) is 0 Å². The van der Waals surface area contributed by atoms with Crippen LogP contribution in [-0.2, 0) is 0 Å². The molecule has 1 aromatic rings. The number of rotatable bonds is 3. The highest BCUT2D eigenvalue weighted by molar-refractivity contribution is 5.54. The van der Waals surface area contributed by atoms with E-state index in [1.165, 1.54) is 6.92 Å². The first-order chi connectivity index (χ1) is 7.77. The molecule has 0 aliphatic carbocycles. The van der Waals surface area contributed by atoms with Crippen molar-refractivity contribution in [3.8, 4) is 0 Å². The highest BCUT2D eigenvalue weighted by Crippen LogP contribution is 2.30. The molecule has 8 nitrogen and oxygen atoms in total. The van der Waals surface area contributed by atoms with Gasteiger partial charge in [0.05, 0.1) is 15.5 Å². The zero-order valence-corrected chi connectivity index (χ0v) is 9.51. The summed E-state index contributed by atoms with van der Waals surface area (Å²) < 4.78 is 0. The van der Waals surface area contributed by atoms with Gasteiger partial charge in [0.2, 0.25) is 0 Å². The van der Waals surface area contributed by atoms with E-state index in [0.717, 1.165) is 0 Å². The number of aromatic amines is 1. The standard InChI is InChI=1S/C9H11N3O5/c1-4(2)6-7(11(14)15)5(3)8(12(16)17)9(13)10-6/h4H,1-3H3,(H,10,13). The second-order valence-corrected chi connectivity index (χ2v) is 3.86. The molecule has 92 valence electrons. The Labute approximate surface area is 95.6 Å². The van der Waals surface area contributed by atoms with Crippen LogP contribution in [0.1, 0.15) is 31.0 Å². The maximum atomic E-state index is 11.5. The highest BCUT2D eigenvalue weighted by Gasteiger charge is 2.30. The van der Waals surface area contributed by atoms with Crippen LogP contribution < -0.4 is 5.56 Å². The lowest BCUT2D eigenvalue weighted by Crippen LogP contribution is -2.18. The van der Waals surface area contributed by atoms with E-state index in [2.05, 4.69) is 4.98 Å². The van der Waals surface area contributed by atoms with Crippen molar-refractivity contribution >= 4 is 11.4 Å². The summed E-state index contributed by atoms with van der Waals surface area (Å²) in [5, 5.41) is 21.6. The molecule has 0 amide bonds. The van der Waals surface area contributed by atoms with Crippen molar-refractivity contribution in [1.82, 2.24) is 4.98 Å². The molecule has 0 fully saturated rings. The Kier molecular flexibility index (Phi) is 3.26. The third-order valence-electron chi connectivity index (χ3n) is 2.37. The SMILES string of the molecule is Cc1c([N+](=O)[O-])c(C(C)C)[nH]c(=O)c1[N+](=O)[O-]. The zero-order valence-electron chi connectivity index (χ0n) is 9.51. The number of hydrogen-bond acceptors (Lipinski definition) is 5. The lowest BCUT2D eigenvalue weighted by atomic mass is 10.0. The molecule has 0 bridgehead atoms. The molecule has 1 aromatic heterocycles. The molecule has 1 rings (SSSR count). The molecular formula is C9H11N3O5. The summed E-state index contributed by atoms with van der Waals surface area (Å²) in [5.41, 5.74) is -2.20. The van der Waals surface area contributed by atoms with Crippen molar-refractivity contribution in [3.63, 3.8) is 0 Å². The molecule has 0 saturated heterocycles. The molecule has 0 aromatic carbocycles. The van der Waals surface area contributed by atoms with E-state index < -0.39 is 26.8 Å². The van der Waals surface area contributed by atoms with Gasteiger partial charge in [-0.15, -0.1) is 0 Å². The first-order valence-electron chi connectivity index (χ1n) is 4.83. The maximum absolute atomic E-state index is 11.5. The molecule has 0 aliphatic heterocycles. The Bertz CT molecular complexity index is 546. The van der Waals surface area contributed by atoms with Gasteiger partial charge in [-0.3, -0.25) is 25.0 Å². The summed E-state index contributed by atoms with van der Waals surface area (Å²) in [6, 6.07) is 0. The summed E-state index contributed by atoms with van der Waals surface area (Å²) in [6.07, 6.45) is 0. The highest BCUT2D eigenvalue weighted by atomic mass is 16.6. The fourth-order valence-corrected chi connectivity index (χ4v) is 1.60. The van der Waals surface area contributed by atoms with E-state index in [9.17, 15) is 25.0 Å². The fraction of sp³-hybridized carbons (Fsp3) is 0.444. The second-order valence-electron chi connectivity index (χ2n) is 3.86. The molecular weight excluding hydrogens is 230 g/mol. The van der Waals surface area contributed by atoms with Gasteiger partial charge in [-0.2, -0.15) is 0 Å². The first kappa shape index (κ1) is 12.8. The Morgan fingerprint density at radius 1 is 1.12 bits per heavy atom. The zero-order chi connectivity index (χ0) is 13.3. The van der Waals surface area contributed by atoms with Crippen LogP contribution in [0.15, 0.2) is 4.79 Å². The molecule has 17 heavy (non-hydrogen) atoms. The average molecular weight is 241 g/mol. The molecule has 0 saturated carbocycles. The predicted molar refractivity (Wildman–Crippen MR) is 59.2 cm³/mol. The molecule has 0 atom stereocenters. The summed E-state index contributed by atoms with van der Waals surface area (Å²) in [4.78, 5) is 33.6. The van der Waals surface area contributed by atoms with Gasteiger partial charge in [0.15, 0.2) is 0 Å². The van der Waals surface area contributed by atoms with E-state index in [0.29, 0.717) is 0 Å². The Balaban J connectivity index is 3.77. The molecule has 0 aliphatic rings. The van der Waals surface area contributed by atoms with Crippen molar-refractivity contribution in [2.75, 3.05) is 0 Å². The lowest BCUT2D eigenvalue weighted by molar-refractivity contribution is -0.397. The van der Waals surface area contributed by atoms with Crippen LogP contribution in [0.2, 0.25) is 0 Å². The van der Waals surface area contributed by atoms with Crippen LogP contribution in [0.5, 0.6) is 0 Å². The van der Waals surface area contributed by atoms with Crippen molar-refractivity contribution in [3.05, 3.63) is 41.8 Å². The van der Waals surface area contributed by atoms with E-state index in [4.69, 9.17) is 0 Å². The smallest absolute Gasteiger partial charge is 0.314 e. The molecule has 8 heteroatoms. The number of nitrogens with zero attached hydrogens (tertiary/aromatic N) is 2. The van der Waals surface area contributed by atoms with Gasteiger partial charge in [0, 0.05) is 5.92 Å². The maximum Gasteiger partial charge on any atom is 0.343 e. The quantitative estimate of drug-likeness (QED) is 0.636. The number of hydrogen-bond donors (Lipinski definition) is 1. The van der Waals surface area contributed by atoms with Gasteiger partial charge in [0.25, 0.3) is 5.69 Å². The van der Waals surface area contributed by atoms with Gasteiger partial charge >= 0.3 is 11.2 Å². The summed E-state index contributed by atoms with van der Waals surface area (Å²) in [6.45, 7) is 4.52. The number of aromatic nitrogens is 1. The van der Waals surface area contributed by atoms with Crippen LogP contribution in [0, 0.1) is 27.2 Å². The van der Waals surface area contributed by atoms with Crippen LogP contribution in [-0.4, -0.2) is 14.8 Å². The fourth-order valence-electron chi connectivity index (χ4n) is 1.60. The van der Waals surface area contributed by atoms with Crippen LogP contribution in [0.4, 0.5) is 11.4 Å². The third-order valence-corrected chi connectivity index (χ3v) is 2.37. The minimum Gasteiger partial charge on any atom is -0.314 e. The summed E-state index contributed by atoms with van der Waals surface area (Å²) in [5.74, 6) is -0.303. The summed E-state index contributed by atoms with van der Waals surface area (Å²) in [7, 11) is 0. The Morgan fingerprint density at radius 2 is 1.59 bits per heavy atom. The Morgan fingerprint density at radius 3 is 1.94 bits per heavy atom. The van der Waals surface area contributed by atoms with Crippen molar-refractivity contribution in [2.45, 2.75) is 26.7 Å². The molecule has 1 heterocycles. The number of nitrogens with one attached hydrogen (secondary N) is 1. The van der Waals surface area contributed by atoms with Crippen molar-refractivity contribution in [2.24, 2.45) is 0 Å². The number of nitro groups is 2. The average Bonchev–Trinajstić information content (AvgIpc) is 2.14. The van der Waals surface area contributed by atoms with E-state index in [1.807, 2.05) is 0 Å². The van der Waals surface area contributed by atoms with Crippen LogP contribution in [0.25, 0.3) is 0 Å². The largest absolute Gasteiger partial charge is 0.343 e. The second kappa shape index (κ2) is 4.32. The molecule has 1 N–H and O–H groups in total. The van der Waals surface area contributed by atoms with Gasteiger partial charge in [-0.05, 0) is 6.92 Å². The van der Waals surface area contributed by atoms with Crippen molar-refractivity contribution < 1.29 is 9.85 Å². The minimum absolute atomic E-state index is 0.100. The third kappa shape index (κ3) is 2.14. The summed E-state index contributed by atoms with van der Waals surface area (Å²) >= 11 is 0. The number of pyridine rings is 1. The van der Waals surface area contributed by atoms with Gasteiger partial charge in [0.1, 0.15) is 5.56 Å². The minimum atomic E-state index is -0.915. The van der Waals surface area contributed by atoms with Gasteiger partial charge in [-0.25, -0.2) is 0 Å². The number of H-pyrrole nitrogens is 1. The van der Waals surface area contributed by atoms with Gasteiger partial charge < -0.3 is 4.98 Å². The molecule has 0 spiro atoms. The molecule has 0 radical (unpaired) electrons. The van der Waals surface area contributed by atoms with E-state index in [-0.39, 0.29) is 17.2 Å². The predicted octanol–water partition coefficient (Wildman–Crippen LogP) is 1.62. The lowest BCUT2D eigenvalue weighted by Gasteiger charge is -2.08. The Hall–Kier alpha value is -2.25. The monoisotopic (exact) mass is 241 g/mol. The first-order valence-corrected chi connectivity index (χ1v) is 4.83. The molecule has 0 unspecified atom stereocenters. The van der Waals surface area contributed by atoms with Crippen LogP contribution >= 0.6 is 0 Å². The van der Waals surface area contributed by atoms with E-state index >= 15 is 0 Å². The van der Waals surface area contributed by atoms with E-state index in [1.54, 1.807) is 13.8 Å². The topological polar surface area (TPSA) is 119 Å².